The Hall–Kier alpha value is -2.04. The van der Waals surface area contributed by atoms with Gasteiger partial charge in [-0.15, -0.1) is 12.4 Å². The van der Waals surface area contributed by atoms with Gasteiger partial charge in [0.15, 0.2) is 0 Å². The van der Waals surface area contributed by atoms with Crippen LogP contribution >= 0.6 is 12.4 Å². The number of carbonyl (C=O) groups excluding carboxylic acids is 1. The Kier molecular flexibility index (Phi) is 8.30. The quantitative estimate of drug-likeness (QED) is 0.807. The summed E-state index contributed by atoms with van der Waals surface area (Å²) in [5.74, 6) is 0.704. The van der Waals surface area contributed by atoms with Gasteiger partial charge in [-0.05, 0) is 37.5 Å². The number of amides is 1. The molecule has 0 aliphatic carbocycles. The summed E-state index contributed by atoms with van der Waals surface area (Å²) in [6.45, 7) is 5.12. The van der Waals surface area contributed by atoms with Crippen molar-refractivity contribution in [2.45, 2.75) is 26.3 Å². The molecule has 0 aliphatic heterocycles. The van der Waals surface area contributed by atoms with E-state index in [9.17, 15) is 4.79 Å². The maximum atomic E-state index is 12.2. The molecule has 0 spiro atoms. The number of carbonyl (C=O) groups is 1. The maximum absolute atomic E-state index is 12.2. The van der Waals surface area contributed by atoms with E-state index in [0.29, 0.717) is 19.6 Å². The molecule has 3 N–H and O–H groups in total. The normalized spacial score (nSPS) is 11.3. The SMILES string of the molecule is CCOc1ccccc1CCNC(=O)C(N)c1ccc(C)cc1.Cl. The second kappa shape index (κ2) is 9.96. The van der Waals surface area contributed by atoms with Crippen molar-refractivity contribution in [3.63, 3.8) is 0 Å². The molecule has 2 rings (SSSR count). The molecule has 1 amide bonds. The first-order valence-electron chi connectivity index (χ1n) is 7.92. The summed E-state index contributed by atoms with van der Waals surface area (Å²) < 4.78 is 5.59. The highest BCUT2D eigenvalue weighted by atomic mass is 35.5. The van der Waals surface area contributed by atoms with Crippen LogP contribution in [0.4, 0.5) is 0 Å². The minimum atomic E-state index is -0.641. The first-order valence-corrected chi connectivity index (χ1v) is 7.92. The summed E-state index contributed by atoms with van der Waals surface area (Å²) in [6.07, 6.45) is 0.711. The lowest BCUT2D eigenvalue weighted by Gasteiger charge is -2.14. The van der Waals surface area contributed by atoms with Crippen LogP contribution in [0.1, 0.15) is 29.7 Å². The van der Waals surface area contributed by atoms with Crippen LogP contribution in [-0.4, -0.2) is 19.1 Å². The molecule has 1 atom stereocenters. The first-order chi connectivity index (χ1) is 11.1. The van der Waals surface area contributed by atoms with Gasteiger partial charge in [0.05, 0.1) is 6.61 Å². The number of ether oxygens (including phenoxy) is 1. The lowest BCUT2D eigenvalue weighted by molar-refractivity contribution is -0.122. The smallest absolute Gasteiger partial charge is 0.241 e. The molecule has 0 saturated heterocycles. The zero-order chi connectivity index (χ0) is 16.7. The van der Waals surface area contributed by atoms with Crippen molar-refractivity contribution in [2.75, 3.05) is 13.2 Å². The molecular weight excluding hydrogens is 324 g/mol. The van der Waals surface area contributed by atoms with Crippen molar-refractivity contribution in [3.05, 3.63) is 65.2 Å². The van der Waals surface area contributed by atoms with E-state index in [1.807, 2.05) is 62.4 Å². The van der Waals surface area contributed by atoms with Crippen LogP contribution < -0.4 is 15.8 Å². The van der Waals surface area contributed by atoms with Crippen LogP contribution in [0.5, 0.6) is 5.75 Å². The fourth-order valence-electron chi connectivity index (χ4n) is 2.36. The van der Waals surface area contributed by atoms with Crippen LogP contribution in [0.25, 0.3) is 0 Å². The molecule has 0 heterocycles. The first kappa shape index (κ1) is 20.0. The minimum Gasteiger partial charge on any atom is -0.494 e. The van der Waals surface area contributed by atoms with Gasteiger partial charge in [-0.1, -0.05) is 48.0 Å². The van der Waals surface area contributed by atoms with Gasteiger partial charge in [-0.3, -0.25) is 4.79 Å². The number of nitrogens with one attached hydrogen (secondary N) is 1. The number of benzene rings is 2. The molecule has 0 radical (unpaired) electrons. The summed E-state index contributed by atoms with van der Waals surface area (Å²) >= 11 is 0. The lowest BCUT2D eigenvalue weighted by atomic mass is 10.1. The van der Waals surface area contributed by atoms with Crippen LogP contribution in [0.15, 0.2) is 48.5 Å². The summed E-state index contributed by atoms with van der Waals surface area (Å²) in [4.78, 5) is 12.2. The van der Waals surface area contributed by atoms with Gasteiger partial charge in [-0.25, -0.2) is 0 Å². The van der Waals surface area contributed by atoms with Gasteiger partial charge < -0.3 is 15.8 Å². The number of para-hydroxylation sites is 1. The molecule has 0 saturated carbocycles. The van der Waals surface area contributed by atoms with Crippen molar-refractivity contribution in [3.8, 4) is 5.75 Å². The molecule has 130 valence electrons. The van der Waals surface area contributed by atoms with Gasteiger partial charge in [-0.2, -0.15) is 0 Å². The number of aryl methyl sites for hydroxylation is 1. The molecule has 2 aromatic carbocycles. The zero-order valence-corrected chi connectivity index (χ0v) is 14.9. The van der Waals surface area contributed by atoms with Crippen molar-refractivity contribution >= 4 is 18.3 Å². The third-order valence-electron chi connectivity index (χ3n) is 3.68. The lowest BCUT2D eigenvalue weighted by Crippen LogP contribution is -2.35. The molecule has 4 nitrogen and oxygen atoms in total. The highest BCUT2D eigenvalue weighted by Gasteiger charge is 2.15. The Morgan fingerprint density at radius 1 is 1.17 bits per heavy atom. The summed E-state index contributed by atoms with van der Waals surface area (Å²) in [6, 6.07) is 14.9. The fraction of sp³-hybridized carbons (Fsp3) is 0.316. The Balaban J connectivity index is 0.00000288. The van der Waals surface area contributed by atoms with Crippen molar-refractivity contribution in [1.29, 1.82) is 0 Å². The Bertz CT molecular complexity index is 644. The molecule has 2 aromatic rings. The molecule has 0 bridgehead atoms. The van der Waals surface area contributed by atoms with E-state index < -0.39 is 6.04 Å². The average molecular weight is 349 g/mol. The Morgan fingerprint density at radius 3 is 2.50 bits per heavy atom. The van der Waals surface area contributed by atoms with E-state index in [1.165, 1.54) is 0 Å². The summed E-state index contributed by atoms with van der Waals surface area (Å²) in [7, 11) is 0. The third kappa shape index (κ3) is 5.55. The van der Waals surface area contributed by atoms with Gasteiger partial charge in [0.1, 0.15) is 11.8 Å². The molecule has 24 heavy (non-hydrogen) atoms. The highest BCUT2D eigenvalue weighted by molar-refractivity contribution is 5.85. The Labute approximate surface area is 149 Å². The highest BCUT2D eigenvalue weighted by Crippen LogP contribution is 2.18. The van der Waals surface area contributed by atoms with Gasteiger partial charge in [0.25, 0.3) is 0 Å². The van der Waals surface area contributed by atoms with E-state index >= 15 is 0 Å². The van der Waals surface area contributed by atoms with Crippen LogP contribution in [-0.2, 0) is 11.2 Å². The third-order valence-corrected chi connectivity index (χ3v) is 3.68. The van der Waals surface area contributed by atoms with E-state index in [4.69, 9.17) is 10.5 Å². The van der Waals surface area contributed by atoms with Crippen LogP contribution in [0, 0.1) is 6.92 Å². The number of hydrogen-bond acceptors (Lipinski definition) is 3. The van der Waals surface area contributed by atoms with Crippen LogP contribution in [0.3, 0.4) is 0 Å². The molecule has 5 heteroatoms. The van der Waals surface area contributed by atoms with Crippen molar-refractivity contribution in [2.24, 2.45) is 5.73 Å². The number of hydrogen-bond donors (Lipinski definition) is 2. The summed E-state index contributed by atoms with van der Waals surface area (Å²) in [5.41, 5.74) is 9.06. The van der Waals surface area contributed by atoms with Crippen LogP contribution in [0.2, 0.25) is 0 Å². The second-order valence-corrected chi connectivity index (χ2v) is 5.47. The fourth-order valence-corrected chi connectivity index (χ4v) is 2.36. The topological polar surface area (TPSA) is 64.3 Å². The van der Waals surface area contributed by atoms with Gasteiger partial charge >= 0.3 is 0 Å². The van der Waals surface area contributed by atoms with E-state index in [0.717, 1.165) is 22.4 Å². The van der Waals surface area contributed by atoms with E-state index in [1.54, 1.807) is 0 Å². The van der Waals surface area contributed by atoms with Gasteiger partial charge in [0, 0.05) is 6.54 Å². The molecule has 1 unspecified atom stereocenters. The molecule has 0 fully saturated rings. The second-order valence-electron chi connectivity index (χ2n) is 5.47. The molecule has 0 aliphatic rings. The van der Waals surface area contributed by atoms with Crippen molar-refractivity contribution < 1.29 is 9.53 Å². The standard InChI is InChI=1S/C19H24N2O2.ClH/c1-3-23-17-7-5-4-6-15(17)12-13-21-19(22)18(20)16-10-8-14(2)9-11-16;/h4-11,18H,3,12-13,20H2,1-2H3,(H,21,22);1H. The Morgan fingerprint density at radius 2 is 1.83 bits per heavy atom. The van der Waals surface area contributed by atoms with E-state index in [-0.39, 0.29) is 18.3 Å². The molecule has 0 aromatic heterocycles. The predicted octanol–water partition coefficient (Wildman–Crippen LogP) is 3.17. The van der Waals surface area contributed by atoms with Crippen molar-refractivity contribution in [1.82, 2.24) is 5.32 Å². The van der Waals surface area contributed by atoms with E-state index in [2.05, 4.69) is 5.32 Å². The average Bonchev–Trinajstić information content (AvgIpc) is 2.56. The maximum Gasteiger partial charge on any atom is 0.241 e. The number of rotatable bonds is 7. The minimum absolute atomic E-state index is 0. The molecular formula is C19H25ClN2O2. The zero-order valence-electron chi connectivity index (χ0n) is 14.1. The monoisotopic (exact) mass is 348 g/mol. The predicted molar refractivity (Wildman–Crippen MR) is 99.7 cm³/mol. The number of nitrogens with two attached hydrogens (primary N) is 1. The van der Waals surface area contributed by atoms with Gasteiger partial charge in [0.2, 0.25) is 5.91 Å². The largest absolute Gasteiger partial charge is 0.494 e. The summed E-state index contributed by atoms with van der Waals surface area (Å²) in [5, 5.41) is 2.89. The number of halogens is 1.